The van der Waals surface area contributed by atoms with Gasteiger partial charge in [-0.2, -0.15) is 0 Å². The summed E-state index contributed by atoms with van der Waals surface area (Å²) in [7, 11) is 4.03. The van der Waals surface area contributed by atoms with Crippen LogP contribution >= 0.6 is 0 Å². The summed E-state index contributed by atoms with van der Waals surface area (Å²) in [4.78, 5) is 16.8. The van der Waals surface area contributed by atoms with Gasteiger partial charge in [0.1, 0.15) is 0 Å². The third kappa shape index (κ3) is 5.73. The van der Waals surface area contributed by atoms with Crippen LogP contribution in [0.25, 0.3) is 0 Å². The first-order chi connectivity index (χ1) is 13.1. The Labute approximate surface area is 161 Å². The van der Waals surface area contributed by atoms with Gasteiger partial charge in [-0.25, -0.2) is 4.79 Å². The number of hydrogen-bond donors (Lipinski definition) is 1. The van der Waals surface area contributed by atoms with Crippen LogP contribution in [0.4, 0.5) is 10.5 Å². The molecule has 5 heteroatoms. The normalized spacial score (nSPS) is 16.1. The van der Waals surface area contributed by atoms with Crippen molar-refractivity contribution in [2.75, 3.05) is 32.1 Å². The number of carbonyl (C=O) groups is 1. The second-order valence-corrected chi connectivity index (χ2v) is 7.22. The summed E-state index contributed by atoms with van der Waals surface area (Å²) in [6, 6.07) is 18.3. The molecular formula is C22H29N3O2. The van der Waals surface area contributed by atoms with Crippen LogP contribution in [-0.4, -0.2) is 44.3 Å². The molecule has 0 aromatic heterocycles. The monoisotopic (exact) mass is 367 g/mol. The van der Waals surface area contributed by atoms with Gasteiger partial charge in [-0.05, 0) is 36.1 Å². The third-order valence-electron chi connectivity index (χ3n) is 4.85. The molecule has 1 aliphatic rings. The minimum atomic E-state index is -0.0500. The van der Waals surface area contributed by atoms with Gasteiger partial charge in [0, 0.05) is 46.0 Å². The average Bonchev–Trinajstić information content (AvgIpc) is 3.20. The topological polar surface area (TPSA) is 44.8 Å². The molecule has 5 nitrogen and oxygen atoms in total. The number of urea groups is 1. The number of ether oxygens (including phenoxy) is 1. The largest absolute Gasteiger partial charge is 0.378 e. The third-order valence-corrected chi connectivity index (χ3v) is 4.85. The maximum atomic E-state index is 12.8. The van der Waals surface area contributed by atoms with Gasteiger partial charge >= 0.3 is 6.03 Å². The predicted molar refractivity (Wildman–Crippen MR) is 109 cm³/mol. The zero-order valence-corrected chi connectivity index (χ0v) is 16.2. The molecule has 1 aliphatic heterocycles. The minimum absolute atomic E-state index is 0.0500. The van der Waals surface area contributed by atoms with Crippen molar-refractivity contribution in [2.45, 2.75) is 32.0 Å². The molecule has 0 bridgehead atoms. The molecule has 0 spiro atoms. The molecule has 27 heavy (non-hydrogen) atoms. The fraction of sp³-hybridized carbons (Fsp3) is 0.409. The van der Waals surface area contributed by atoms with Crippen molar-refractivity contribution in [1.29, 1.82) is 0 Å². The Bertz CT molecular complexity index is 710. The number of amides is 2. The lowest BCUT2D eigenvalue weighted by Gasteiger charge is -2.26. The molecule has 0 saturated carbocycles. The summed E-state index contributed by atoms with van der Waals surface area (Å²) in [5.74, 6) is 0. The van der Waals surface area contributed by atoms with E-state index in [-0.39, 0.29) is 12.1 Å². The smallest absolute Gasteiger partial charge is 0.318 e. The van der Waals surface area contributed by atoms with Crippen LogP contribution in [0.5, 0.6) is 0 Å². The molecule has 0 aliphatic carbocycles. The van der Waals surface area contributed by atoms with Gasteiger partial charge in [0.25, 0.3) is 0 Å². The van der Waals surface area contributed by atoms with E-state index in [9.17, 15) is 4.79 Å². The molecule has 2 aromatic rings. The van der Waals surface area contributed by atoms with E-state index >= 15 is 0 Å². The molecule has 144 valence electrons. The maximum absolute atomic E-state index is 12.8. The van der Waals surface area contributed by atoms with Gasteiger partial charge < -0.3 is 19.9 Å². The van der Waals surface area contributed by atoms with Gasteiger partial charge in [0.05, 0.1) is 6.10 Å². The SMILES string of the molecule is CN(C)c1ccc(CNC(=O)N(Cc2ccccc2)CC2CCCO2)cc1. The predicted octanol–water partition coefficient (Wildman–Crippen LogP) is 3.64. The summed E-state index contributed by atoms with van der Waals surface area (Å²) in [6.45, 7) is 2.53. The van der Waals surface area contributed by atoms with E-state index in [0.717, 1.165) is 36.3 Å². The Morgan fingerprint density at radius 2 is 1.81 bits per heavy atom. The summed E-state index contributed by atoms with van der Waals surface area (Å²) < 4.78 is 5.74. The van der Waals surface area contributed by atoms with Crippen molar-refractivity contribution >= 4 is 11.7 Å². The molecule has 1 N–H and O–H groups in total. The number of nitrogens with zero attached hydrogens (tertiary/aromatic N) is 2. The molecule has 0 radical (unpaired) electrons. The second kappa shape index (κ2) is 9.42. The molecule has 1 saturated heterocycles. The van der Waals surface area contributed by atoms with Crippen LogP contribution in [0.1, 0.15) is 24.0 Å². The van der Waals surface area contributed by atoms with Crippen molar-refractivity contribution in [2.24, 2.45) is 0 Å². The van der Waals surface area contributed by atoms with E-state index in [4.69, 9.17) is 4.74 Å². The van der Waals surface area contributed by atoms with Crippen LogP contribution in [0.3, 0.4) is 0 Å². The zero-order valence-electron chi connectivity index (χ0n) is 16.2. The van der Waals surface area contributed by atoms with Gasteiger partial charge in [0.2, 0.25) is 0 Å². The lowest BCUT2D eigenvalue weighted by molar-refractivity contribution is 0.0794. The number of anilines is 1. The Morgan fingerprint density at radius 1 is 1.07 bits per heavy atom. The first kappa shape index (κ1) is 19.2. The zero-order chi connectivity index (χ0) is 19.1. The maximum Gasteiger partial charge on any atom is 0.318 e. The molecule has 1 heterocycles. The van der Waals surface area contributed by atoms with Gasteiger partial charge in [-0.15, -0.1) is 0 Å². The van der Waals surface area contributed by atoms with Crippen LogP contribution in [-0.2, 0) is 17.8 Å². The standard InChI is InChI=1S/C22H29N3O2/c1-24(2)20-12-10-18(11-13-20)15-23-22(26)25(17-21-9-6-14-27-21)16-19-7-4-3-5-8-19/h3-5,7-8,10-13,21H,6,9,14-17H2,1-2H3,(H,23,26). The van der Waals surface area contributed by atoms with Crippen molar-refractivity contribution in [3.8, 4) is 0 Å². The minimum Gasteiger partial charge on any atom is -0.378 e. The highest BCUT2D eigenvalue weighted by Gasteiger charge is 2.22. The number of nitrogens with one attached hydrogen (secondary N) is 1. The lowest BCUT2D eigenvalue weighted by atomic mass is 10.2. The highest BCUT2D eigenvalue weighted by Crippen LogP contribution is 2.16. The molecule has 2 aromatic carbocycles. The summed E-state index contributed by atoms with van der Waals surface area (Å²) in [6.07, 6.45) is 2.23. The Kier molecular flexibility index (Phi) is 6.71. The van der Waals surface area contributed by atoms with E-state index in [2.05, 4.69) is 46.6 Å². The molecule has 2 amide bonds. The summed E-state index contributed by atoms with van der Waals surface area (Å²) >= 11 is 0. The van der Waals surface area contributed by atoms with Crippen molar-refractivity contribution in [1.82, 2.24) is 10.2 Å². The molecular weight excluding hydrogens is 338 g/mol. The number of carbonyl (C=O) groups excluding carboxylic acids is 1. The molecule has 1 fully saturated rings. The summed E-state index contributed by atoms with van der Waals surface area (Å²) in [5, 5.41) is 3.06. The van der Waals surface area contributed by atoms with E-state index in [1.165, 1.54) is 0 Å². The van der Waals surface area contributed by atoms with Gasteiger partial charge in [-0.3, -0.25) is 0 Å². The highest BCUT2D eigenvalue weighted by molar-refractivity contribution is 5.74. The number of rotatable bonds is 7. The summed E-state index contributed by atoms with van der Waals surface area (Å²) in [5.41, 5.74) is 3.36. The fourth-order valence-corrected chi connectivity index (χ4v) is 3.26. The Balaban J connectivity index is 1.60. The lowest BCUT2D eigenvalue weighted by Crippen LogP contribution is -2.43. The average molecular weight is 367 g/mol. The van der Waals surface area contributed by atoms with Crippen molar-refractivity contribution < 1.29 is 9.53 Å². The molecule has 1 atom stereocenters. The second-order valence-electron chi connectivity index (χ2n) is 7.22. The van der Waals surface area contributed by atoms with Crippen molar-refractivity contribution in [3.63, 3.8) is 0 Å². The van der Waals surface area contributed by atoms with E-state index in [1.807, 2.05) is 37.2 Å². The first-order valence-corrected chi connectivity index (χ1v) is 9.56. The highest BCUT2D eigenvalue weighted by atomic mass is 16.5. The van der Waals surface area contributed by atoms with Crippen LogP contribution in [0.2, 0.25) is 0 Å². The van der Waals surface area contributed by atoms with Gasteiger partial charge in [-0.1, -0.05) is 42.5 Å². The van der Waals surface area contributed by atoms with Gasteiger partial charge in [0.15, 0.2) is 0 Å². The first-order valence-electron chi connectivity index (χ1n) is 9.56. The van der Waals surface area contributed by atoms with Crippen LogP contribution in [0, 0.1) is 0 Å². The van der Waals surface area contributed by atoms with Crippen LogP contribution in [0.15, 0.2) is 54.6 Å². The van der Waals surface area contributed by atoms with Crippen molar-refractivity contribution in [3.05, 3.63) is 65.7 Å². The Hall–Kier alpha value is -2.53. The van der Waals surface area contributed by atoms with E-state index < -0.39 is 0 Å². The van der Waals surface area contributed by atoms with E-state index in [1.54, 1.807) is 0 Å². The number of benzene rings is 2. The van der Waals surface area contributed by atoms with E-state index in [0.29, 0.717) is 19.6 Å². The quantitative estimate of drug-likeness (QED) is 0.813. The Morgan fingerprint density at radius 3 is 2.44 bits per heavy atom. The fourth-order valence-electron chi connectivity index (χ4n) is 3.26. The molecule has 3 rings (SSSR count). The van der Waals surface area contributed by atoms with Crippen LogP contribution < -0.4 is 10.2 Å². The number of hydrogen-bond acceptors (Lipinski definition) is 3. The molecule has 1 unspecified atom stereocenters.